The van der Waals surface area contributed by atoms with Crippen molar-refractivity contribution in [3.8, 4) is 0 Å². The van der Waals surface area contributed by atoms with Crippen LogP contribution in [0, 0.1) is 5.41 Å². The van der Waals surface area contributed by atoms with E-state index in [0.717, 1.165) is 0 Å². The third-order valence-corrected chi connectivity index (χ3v) is 2.36. The second kappa shape index (κ2) is 4.81. The van der Waals surface area contributed by atoms with Crippen LogP contribution in [0.3, 0.4) is 0 Å². The minimum atomic E-state index is -4.22. The first-order chi connectivity index (χ1) is 5.89. The lowest BCUT2D eigenvalue weighted by Crippen LogP contribution is -2.30. The molecule has 0 amide bonds. The van der Waals surface area contributed by atoms with Crippen molar-refractivity contribution in [1.82, 2.24) is 0 Å². The fraction of sp³-hybridized carbons (Fsp3) is 1.00. The van der Waals surface area contributed by atoms with E-state index < -0.39 is 31.2 Å². The lowest BCUT2D eigenvalue weighted by Gasteiger charge is -2.28. The first kappa shape index (κ1) is 12.7. The fourth-order valence-electron chi connectivity index (χ4n) is 1.02. The molecule has 0 saturated heterocycles. The summed E-state index contributed by atoms with van der Waals surface area (Å²) in [5, 5.41) is 17.7. The van der Waals surface area contributed by atoms with Crippen molar-refractivity contribution in [2.75, 3.05) is 13.2 Å². The lowest BCUT2D eigenvalue weighted by molar-refractivity contribution is -0.144. The van der Waals surface area contributed by atoms with E-state index in [1.807, 2.05) is 0 Å². The van der Waals surface area contributed by atoms with E-state index in [1.54, 1.807) is 6.92 Å². The molecule has 5 heteroatoms. The number of hydrogen-bond acceptors (Lipinski definition) is 2. The predicted octanol–water partition coefficient (Wildman–Crippen LogP) is 1.71. The van der Waals surface area contributed by atoms with Gasteiger partial charge in [-0.25, -0.2) is 0 Å². The molecule has 0 spiro atoms. The summed E-state index contributed by atoms with van der Waals surface area (Å²) in [6, 6.07) is 0. The third-order valence-electron chi connectivity index (χ3n) is 2.36. The molecule has 0 aromatic rings. The molecule has 0 radical (unpaired) electrons. The van der Waals surface area contributed by atoms with E-state index in [9.17, 15) is 13.2 Å². The maximum atomic E-state index is 11.8. The molecule has 0 atom stereocenters. The summed E-state index contributed by atoms with van der Waals surface area (Å²) in [5.41, 5.74) is -0.977. The Bertz CT molecular complexity index is 133. The smallest absolute Gasteiger partial charge is 0.389 e. The van der Waals surface area contributed by atoms with E-state index in [0.29, 0.717) is 6.42 Å². The number of rotatable bonds is 5. The molecule has 0 bridgehead atoms. The Morgan fingerprint density at radius 1 is 1.00 bits per heavy atom. The van der Waals surface area contributed by atoms with Gasteiger partial charge in [0.25, 0.3) is 0 Å². The van der Waals surface area contributed by atoms with Crippen LogP contribution >= 0.6 is 0 Å². The van der Waals surface area contributed by atoms with Crippen molar-refractivity contribution < 1.29 is 23.4 Å². The molecule has 0 fully saturated rings. The molecule has 0 saturated carbocycles. The molecule has 13 heavy (non-hydrogen) atoms. The van der Waals surface area contributed by atoms with Crippen LogP contribution in [0.5, 0.6) is 0 Å². The summed E-state index contributed by atoms with van der Waals surface area (Å²) < 4.78 is 35.5. The zero-order valence-corrected chi connectivity index (χ0v) is 7.56. The first-order valence-electron chi connectivity index (χ1n) is 4.17. The van der Waals surface area contributed by atoms with Gasteiger partial charge in [-0.05, 0) is 12.8 Å². The van der Waals surface area contributed by atoms with Gasteiger partial charge in [0, 0.05) is 11.8 Å². The molecular formula is C8H15F3O2. The van der Waals surface area contributed by atoms with Crippen molar-refractivity contribution in [3.63, 3.8) is 0 Å². The molecule has 0 rings (SSSR count). The molecule has 0 unspecified atom stereocenters. The fourth-order valence-corrected chi connectivity index (χ4v) is 1.02. The van der Waals surface area contributed by atoms with Gasteiger partial charge >= 0.3 is 6.18 Å². The number of hydrogen-bond donors (Lipinski definition) is 2. The number of halogens is 3. The SMILES string of the molecule is CCC(CO)(CO)CCC(F)(F)F. The van der Waals surface area contributed by atoms with Gasteiger partial charge in [0.1, 0.15) is 0 Å². The molecule has 2 N–H and O–H groups in total. The summed E-state index contributed by atoms with van der Waals surface area (Å²) in [7, 11) is 0. The molecule has 0 aromatic carbocycles. The van der Waals surface area contributed by atoms with Crippen LogP contribution in [0.1, 0.15) is 26.2 Å². The molecule has 0 aliphatic heterocycles. The number of aliphatic hydroxyl groups excluding tert-OH is 2. The Morgan fingerprint density at radius 2 is 1.46 bits per heavy atom. The largest absolute Gasteiger partial charge is 0.396 e. The molecule has 0 heterocycles. The number of aliphatic hydroxyl groups is 2. The van der Waals surface area contributed by atoms with E-state index in [4.69, 9.17) is 10.2 Å². The number of alkyl halides is 3. The second-order valence-electron chi connectivity index (χ2n) is 3.28. The molecule has 0 aromatic heterocycles. The van der Waals surface area contributed by atoms with Crippen LogP contribution in [0.25, 0.3) is 0 Å². The summed E-state index contributed by atoms with van der Waals surface area (Å²) in [4.78, 5) is 0. The predicted molar refractivity (Wildman–Crippen MR) is 42.2 cm³/mol. The van der Waals surface area contributed by atoms with E-state index in [1.165, 1.54) is 0 Å². The molecular weight excluding hydrogens is 185 g/mol. The highest BCUT2D eigenvalue weighted by molar-refractivity contribution is 4.77. The van der Waals surface area contributed by atoms with Gasteiger partial charge in [-0.1, -0.05) is 6.92 Å². The molecule has 80 valence electrons. The van der Waals surface area contributed by atoms with Gasteiger partial charge in [-0.15, -0.1) is 0 Å². The third kappa shape index (κ3) is 4.47. The minimum absolute atomic E-state index is 0.222. The average molecular weight is 200 g/mol. The molecule has 2 nitrogen and oxygen atoms in total. The Morgan fingerprint density at radius 3 is 1.69 bits per heavy atom. The zero-order chi connectivity index (χ0) is 10.5. The van der Waals surface area contributed by atoms with Crippen LogP contribution in [-0.2, 0) is 0 Å². The Labute approximate surface area is 75.4 Å². The Kier molecular flexibility index (Phi) is 4.70. The van der Waals surface area contributed by atoms with Crippen LogP contribution < -0.4 is 0 Å². The van der Waals surface area contributed by atoms with Gasteiger partial charge in [-0.3, -0.25) is 0 Å². The van der Waals surface area contributed by atoms with Gasteiger partial charge in [0.15, 0.2) is 0 Å². The highest BCUT2D eigenvalue weighted by Crippen LogP contribution is 2.32. The van der Waals surface area contributed by atoms with E-state index >= 15 is 0 Å². The quantitative estimate of drug-likeness (QED) is 0.709. The zero-order valence-electron chi connectivity index (χ0n) is 7.56. The highest BCUT2D eigenvalue weighted by Gasteiger charge is 2.34. The second-order valence-corrected chi connectivity index (χ2v) is 3.28. The van der Waals surface area contributed by atoms with Crippen LogP contribution in [-0.4, -0.2) is 29.6 Å². The standard InChI is InChI=1S/C8H15F3O2/c1-2-7(5-12,6-13)3-4-8(9,10)11/h12-13H,2-6H2,1H3. The van der Waals surface area contributed by atoms with E-state index in [2.05, 4.69) is 0 Å². The van der Waals surface area contributed by atoms with Crippen LogP contribution in [0.2, 0.25) is 0 Å². The lowest BCUT2D eigenvalue weighted by atomic mass is 9.82. The van der Waals surface area contributed by atoms with Crippen LogP contribution in [0.4, 0.5) is 13.2 Å². The normalized spacial score (nSPS) is 13.4. The summed E-state index contributed by atoms with van der Waals surface area (Å²) in [5.74, 6) is 0. The molecule has 0 aliphatic rings. The maximum absolute atomic E-state index is 11.8. The minimum Gasteiger partial charge on any atom is -0.396 e. The summed E-state index contributed by atoms with van der Waals surface area (Å²) in [6.45, 7) is 0.842. The van der Waals surface area contributed by atoms with Crippen molar-refractivity contribution in [2.24, 2.45) is 5.41 Å². The van der Waals surface area contributed by atoms with Gasteiger partial charge in [-0.2, -0.15) is 13.2 Å². The molecule has 0 aliphatic carbocycles. The van der Waals surface area contributed by atoms with Crippen molar-refractivity contribution >= 4 is 0 Å². The van der Waals surface area contributed by atoms with Crippen molar-refractivity contribution in [2.45, 2.75) is 32.4 Å². The summed E-state index contributed by atoms with van der Waals surface area (Å²) in [6.07, 6.45) is -5.05. The highest BCUT2D eigenvalue weighted by atomic mass is 19.4. The first-order valence-corrected chi connectivity index (χ1v) is 4.17. The average Bonchev–Trinajstić information content (AvgIpc) is 2.06. The van der Waals surface area contributed by atoms with Gasteiger partial charge in [0.05, 0.1) is 13.2 Å². The van der Waals surface area contributed by atoms with Crippen LogP contribution in [0.15, 0.2) is 0 Å². The van der Waals surface area contributed by atoms with Gasteiger partial charge < -0.3 is 10.2 Å². The van der Waals surface area contributed by atoms with Gasteiger partial charge in [0.2, 0.25) is 0 Å². The van der Waals surface area contributed by atoms with Crippen molar-refractivity contribution in [1.29, 1.82) is 0 Å². The Balaban J connectivity index is 4.11. The topological polar surface area (TPSA) is 40.5 Å². The van der Waals surface area contributed by atoms with E-state index in [-0.39, 0.29) is 6.42 Å². The Hall–Kier alpha value is -0.290. The summed E-state index contributed by atoms with van der Waals surface area (Å²) >= 11 is 0. The maximum Gasteiger partial charge on any atom is 0.389 e. The monoisotopic (exact) mass is 200 g/mol. The van der Waals surface area contributed by atoms with Crippen molar-refractivity contribution in [3.05, 3.63) is 0 Å².